The van der Waals surface area contributed by atoms with Crippen LogP contribution in [0.1, 0.15) is 74.2 Å². The lowest BCUT2D eigenvalue weighted by atomic mass is 9.76. The van der Waals surface area contributed by atoms with Gasteiger partial charge < -0.3 is 4.74 Å². The average molecular weight is 549 g/mol. The number of benzene rings is 2. The molecule has 4 rings (SSSR count). The van der Waals surface area contributed by atoms with Gasteiger partial charge in [0.15, 0.2) is 5.78 Å². The predicted molar refractivity (Wildman–Crippen MR) is 151 cm³/mol. The highest BCUT2D eigenvalue weighted by molar-refractivity contribution is 7.89. The van der Waals surface area contributed by atoms with Crippen molar-refractivity contribution in [2.45, 2.75) is 70.4 Å². The summed E-state index contributed by atoms with van der Waals surface area (Å²) in [7, 11) is -3.15. The number of ether oxygens (including phenoxy) is 1. The molecule has 8 heteroatoms. The van der Waals surface area contributed by atoms with Crippen LogP contribution < -0.4 is 4.74 Å². The number of carbonyl (C=O) groups excluding carboxylic acids is 1. The number of sulfonamides is 1. The maximum Gasteiger partial charge on any atom is 0.214 e. The Morgan fingerprint density at radius 1 is 0.919 bits per heavy atom. The van der Waals surface area contributed by atoms with E-state index in [1.54, 1.807) is 4.31 Å². The third-order valence-electron chi connectivity index (χ3n) is 7.79. The van der Waals surface area contributed by atoms with Gasteiger partial charge in [-0.25, -0.2) is 8.42 Å². The topological polar surface area (TPSA) is 66.9 Å². The van der Waals surface area contributed by atoms with E-state index in [4.69, 9.17) is 4.74 Å². The predicted octanol–water partition coefficient (Wildman–Crippen LogP) is 5.71. The van der Waals surface area contributed by atoms with Crippen molar-refractivity contribution < 1.29 is 17.9 Å². The number of Topliss-reactive ketones (excluding diaryl/α,β-unsaturated/α-hetero) is 1. The maximum atomic E-state index is 13.1. The van der Waals surface area contributed by atoms with E-state index < -0.39 is 10.0 Å². The number of piperazine rings is 1. The zero-order chi connectivity index (χ0) is 25.4. The molecule has 1 aliphatic heterocycles. The van der Waals surface area contributed by atoms with Gasteiger partial charge in [0.25, 0.3) is 0 Å². The molecule has 37 heavy (non-hydrogen) atoms. The van der Waals surface area contributed by atoms with Gasteiger partial charge in [-0.15, -0.1) is 12.4 Å². The van der Waals surface area contributed by atoms with Crippen molar-refractivity contribution >= 4 is 28.2 Å². The van der Waals surface area contributed by atoms with Crippen LogP contribution in [-0.4, -0.2) is 60.9 Å². The molecule has 0 atom stereocenters. The molecule has 0 aromatic heterocycles. The summed E-state index contributed by atoms with van der Waals surface area (Å²) in [5.74, 6) is 1.15. The lowest BCUT2D eigenvalue weighted by molar-refractivity contribution is 0.0165. The molecule has 0 bridgehead atoms. The summed E-state index contributed by atoms with van der Waals surface area (Å²) >= 11 is 0. The first-order valence-corrected chi connectivity index (χ1v) is 15.1. The smallest absolute Gasteiger partial charge is 0.214 e. The number of carbonyl (C=O) groups is 1. The molecule has 1 saturated carbocycles. The zero-order valence-corrected chi connectivity index (χ0v) is 23.6. The van der Waals surface area contributed by atoms with E-state index in [0.717, 1.165) is 49.2 Å². The minimum atomic E-state index is -3.15. The van der Waals surface area contributed by atoms with Crippen molar-refractivity contribution in [1.29, 1.82) is 0 Å². The number of hydrogen-bond acceptors (Lipinski definition) is 5. The Morgan fingerprint density at radius 2 is 1.57 bits per heavy atom. The van der Waals surface area contributed by atoms with E-state index in [1.807, 2.05) is 61.5 Å². The molecule has 0 amide bonds. The van der Waals surface area contributed by atoms with Gasteiger partial charge in [-0.3, -0.25) is 9.69 Å². The first-order valence-electron chi connectivity index (χ1n) is 13.4. The Kier molecular flexibility index (Phi) is 11.0. The number of ketones is 1. The molecular weight excluding hydrogens is 508 g/mol. The lowest BCUT2D eigenvalue weighted by Crippen LogP contribution is -2.58. The fourth-order valence-electron chi connectivity index (χ4n) is 5.73. The Balaban J connectivity index is 0.00000380. The molecule has 204 valence electrons. The molecular formula is C29H41ClN2O4S. The van der Waals surface area contributed by atoms with Crippen LogP contribution in [0.15, 0.2) is 54.6 Å². The van der Waals surface area contributed by atoms with Crippen molar-refractivity contribution in [3.05, 3.63) is 65.7 Å². The third-order valence-corrected chi connectivity index (χ3v) is 9.87. The van der Waals surface area contributed by atoms with Gasteiger partial charge in [-0.1, -0.05) is 56.5 Å². The lowest BCUT2D eigenvalue weighted by Gasteiger charge is -2.50. The number of rotatable bonds is 11. The van der Waals surface area contributed by atoms with Crippen molar-refractivity contribution in [3.8, 4) is 5.75 Å². The minimum absolute atomic E-state index is 0. The molecule has 0 N–H and O–H groups in total. The fraction of sp³-hybridized carbons (Fsp3) is 0.552. The summed E-state index contributed by atoms with van der Waals surface area (Å²) in [6, 6.07) is 17.5. The van der Waals surface area contributed by atoms with Crippen LogP contribution in [0.4, 0.5) is 0 Å². The largest absolute Gasteiger partial charge is 0.489 e. The van der Waals surface area contributed by atoms with Crippen LogP contribution >= 0.6 is 12.4 Å². The van der Waals surface area contributed by atoms with Crippen LogP contribution in [0.5, 0.6) is 5.75 Å². The van der Waals surface area contributed by atoms with E-state index in [-0.39, 0.29) is 29.5 Å². The van der Waals surface area contributed by atoms with E-state index in [9.17, 15) is 13.2 Å². The molecule has 0 unspecified atom stereocenters. The summed E-state index contributed by atoms with van der Waals surface area (Å²) in [6.07, 6.45) is 7.77. The number of nitrogens with zero attached hydrogens (tertiary/aromatic N) is 2. The van der Waals surface area contributed by atoms with E-state index >= 15 is 0 Å². The van der Waals surface area contributed by atoms with Crippen molar-refractivity contribution in [2.24, 2.45) is 0 Å². The summed E-state index contributed by atoms with van der Waals surface area (Å²) in [4.78, 5) is 15.6. The van der Waals surface area contributed by atoms with Gasteiger partial charge in [0.05, 0.1) is 5.75 Å². The van der Waals surface area contributed by atoms with Crippen LogP contribution in [-0.2, 0) is 16.6 Å². The molecule has 2 aliphatic rings. The molecule has 0 spiro atoms. The van der Waals surface area contributed by atoms with Crippen LogP contribution in [0, 0.1) is 0 Å². The van der Waals surface area contributed by atoms with Gasteiger partial charge in [-0.05, 0) is 55.5 Å². The van der Waals surface area contributed by atoms with Gasteiger partial charge in [0.1, 0.15) is 12.4 Å². The first kappa shape index (κ1) is 29.6. The van der Waals surface area contributed by atoms with E-state index in [0.29, 0.717) is 32.5 Å². The average Bonchev–Trinajstić information content (AvgIpc) is 2.92. The van der Waals surface area contributed by atoms with Crippen LogP contribution in [0.3, 0.4) is 0 Å². The highest BCUT2D eigenvalue weighted by atomic mass is 35.5. The number of halogens is 1. The monoisotopic (exact) mass is 548 g/mol. The SMILES string of the molecule is CCCS(=O)(=O)N1CCN(C2(CCC(=O)c3ccc(OCc4ccccc4)cc3)CCCCC2)CC1.Cl. The van der Waals surface area contributed by atoms with Crippen molar-refractivity contribution in [1.82, 2.24) is 9.21 Å². The molecule has 2 aromatic rings. The quantitative estimate of drug-likeness (QED) is 0.336. The summed E-state index contributed by atoms with van der Waals surface area (Å²) in [5.41, 5.74) is 1.84. The Labute approximate surface area is 228 Å². The van der Waals surface area contributed by atoms with E-state index in [2.05, 4.69) is 4.90 Å². The molecule has 1 heterocycles. The standard InChI is InChI=1S/C29H40N2O4S.ClH/c1-2-23-36(33,34)31-21-19-30(20-22-31)29(16-7-4-8-17-29)18-15-28(32)26-11-13-27(14-12-26)35-24-25-9-5-3-6-10-25;/h3,5-6,9-14H,2,4,7-8,15-24H2,1H3;1H. The Bertz CT molecular complexity index is 1080. The maximum absolute atomic E-state index is 13.1. The van der Waals surface area contributed by atoms with Gasteiger partial charge >= 0.3 is 0 Å². The van der Waals surface area contributed by atoms with Crippen LogP contribution in [0.2, 0.25) is 0 Å². The molecule has 2 fully saturated rings. The summed E-state index contributed by atoms with van der Waals surface area (Å²) in [5, 5.41) is 0. The first-order chi connectivity index (χ1) is 17.4. The Morgan fingerprint density at radius 3 is 2.19 bits per heavy atom. The second-order valence-electron chi connectivity index (χ2n) is 10.2. The van der Waals surface area contributed by atoms with Crippen LogP contribution in [0.25, 0.3) is 0 Å². The van der Waals surface area contributed by atoms with Gasteiger partial charge in [0, 0.05) is 43.7 Å². The zero-order valence-electron chi connectivity index (χ0n) is 21.9. The molecule has 0 radical (unpaired) electrons. The Hall–Kier alpha value is -1.93. The molecule has 2 aromatic carbocycles. The molecule has 6 nitrogen and oxygen atoms in total. The van der Waals surface area contributed by atoms with Gasteiger partial charge in [0.2, 0.25) is 10.0 Å². The summed E-state index contributed by atoms with van der Waals surface area (Å²) in [6.45, 7) is 5.04. The minimum Gasteiger partial charge on any atom is -0.489 e. The van der Waals surface area contributed by atoms with Crippen molar-refractivity contribution in [3.63, 3.8) is 0 Å². The second kappa shape index (κ2) is 13.7. The molecule has 1 saturated heterocycles. The van der Waals surface area contributed by atoms with Gasteiger partial charge in [-0.2, -0.15) is 4.31 Å². The normalized spacial score (nSPS) is 18.6. The van der Waals surface area contributed by atoms with Crippen molar-refractivity contribution in [2.75, 3.05) is 31.9 Å². The molecule has 1 aliphatic carbocycles. The number of hydrogen-bond donors (Lipinski definition) is 0. The third kappa shape index (κ3) is 7.79. The summed E-state index contributed by atoms with van der Waals surface area (Å²) < 4.78 is 32.5. The second-order valence-corrected chi connectivity index (χ2v) is 12.3. The highest BCUT2D eigenvalue weighted by Crippen LogP contribution is 2.38. The van der Waals surface area contributed by atoms with E-state index in [1.165, 1.54) is 19.3 Å². The highest BCUT2D eigenvalue weighted by Gasteiger charge is 2.40. The fourth-order valence-corrected chi connectivity index (χ4v) is 7.22.